The molecule has 8 nitrogen and oxygen atoms in total. The molecule has 1 heterocycles. The predicted molar refractivity (Wildman–Crippen MR) is 143 cm³/mol. The zero-order valence-corrected chi connectivity index (χ0v) is 22.3. The Morgan fingerprint density at radius 1 is 0.744 bits per heavy atom. The van der Waals surface area contributed by atoms with Gasteiger partial charge in [-0.3, -0.25) is 4.79 Å². The zero-order valence-electron chi connectivity index (χ0n) is 22.3. The van der Waals surface area contributed by atoms with Crippen LogP contribution in [0.5, 0.6) is 0 Å². The van der Waals surface area contributed by atoms with E-state index >= 15 is 0 Å². The molecule has 1 aliphatic rings. The second-order valence-corrected chi connectivity index (χ2v) is 9.32. The molecule has 0 spiro atoms. The first-order chi connectivity index (χ1) is 19.1. The highest BCUT2D eigenvalue weighted by Gasteiger charge is 2.51. The van der Waals surface area contributed by atoms with Crippen LogP contribution in [0.15, 0.2) is 91.0 Å². The van der Waals surface area contributed by atoms with Gasteiger partial charge in [0.25, 0.3) is 0 Å². The third-order valence-corrected chi connectivity index (χ3v) is 6.48. The van der Waals surface area contributed by atoms with Crippen molar-refractivity contribution in [1.29, 1.82) is 0 Å². The van der Waals surface area contributed by atoms with Crippen LogP contribution >= 0.6 is 0 Å². The van der Waals surface area contributed by atoms with Gasteiger partial charge in [0.1, 0.15) is 24.4 Å². The van der Waals surface area contributed by atoms with Crippen LogP contribution < -0.4 is 0 Å². The molecule has 1 N–H and O–H groups in total. The molecule has 208 valence electrons. The van der Waals surface area contributed by atoms with Crippen LogP contribution in [-0.2, 0) is 53.0 Å². The number of carbonyl (C=O) groups is 1. The van der Waals surface area contributed by atoms with Crippen LogP contribution in [0.3, 0.4) is 0 Å². The maximum atomic E-state index is 11.9. The number of esters is 1. The van der Waals surface area contributed by atoms with Crippen LogP contribution in [0, 0.1) is 0 Å². The van der Waals surface area contributed by atoms with Crippen molar-refractivity contribution < 1.29 is 38.3 Å². The van der Waals surface area contributed by atoms with E-state index in [1.807, 2.05) is 91.0 Å². The minimum atomic E-state index is -1.00. The van der Waals surface area contributed by atoms with Gasteiger partial charge in [0.2, 0.25) is 0 Å². The second-order valence-electron chi connectivity index (χ2n) is 9.32. The number of ether oxygens (including phenoxy) is 6. The molecule has 6 atom stereocenters. The van der Waals surface area contributed by atoms with Crippen molar-refractivity contribution in [3.05, 3.63) is 108 Å². The third kappa shape index (κ3) is 8.19. The Bertz CT molecular complexity index is 1110. The molecule has 8 heteroatoms. The lowest BCUT2D eigenvalue weighted by Crippen LogP contribution is -2.64. The first-order valence-electron chi connectivity index (χ1n) is 13.0. The molecule has 0 radical (unpaired) electrons. The molecule has 0 saturated carbocycles. The van der Waals surface area contributed by atoms with Crippen LogP contribution in [0.25, 0.3) is 0 Å². The fourth-order valence-electron chi connectivity index (χ4n) is 4.60. The van der Waals surface area contributed by atoms with E-state index in [2.05, 4.69) is 0 Å². The normalized spacial score (nSPS) is 23.7. The van der Waals surface area contributed by atoms with E-state index in [1.165, 1.54) is 14.0 Å². The number of aliphatic hydroxyl groups excluding tert-OH is 1. The molecule has 4 rings (SSSR count). The molecule has 39 heavy (non-hydrogen) atoms. The Morgan fingerprint density at radius 2 is 1.18 bits per heavy atom. The van der Waals surface area contributed by atoms with Crippen LogP contribution in [-0.4, -0.2) is 61.6 Å². The molecular weight excluding hydrogens is 500 g/mol. The van der Waals surface area contributed by atoms with Gasteiger partial charge in [-0.1, -0.05) is 91.0 Å². The van der Waals surface area contributed by atoms with Gasteiger partial charge in [-0.25, -0.2) is 0 Å². The molecule has 0 aromatic heterocycles. The summed E-state index contributed by atoms with van der Waals surface area (Å²) in [6.45, 7) is 1.64. The maximum Gasteiger partial charge on any atom is 0.303 e. The van der Waals surface area contributed by atoms with E-state index in [0.717, 1.165) is 16.7 Å². The highest BCUT2D eigenvalue weighted by atomic mass is 16.7. The summed E-state index contributed by atoms with van der Waals surface area (Å²) < 4.78 is 36.7. The van der Waals surface area contributed by atoms with E-state index in [1.54, 1.807) is 0 Å². The average Bonchev–Trinajstić information content (AvgIpc) is 2.98. The molecule has 0 aliphatic carbocycles. The van der Waals surface area contributed by atoms with Gasteiger partial charge in [0, 0.05) is 14.0 Å². The van der Waals surface area contributed by atoms with Gasteiger partial charge in [-0.05, 0) is 16.7 Å². The number of aliphatic hydroxyl groups is 1. The van der Waals surface area contributed by atoms with E-state index < -0.39 is 49.4 Å². The highest BCUT2D eigenvalue weighted by Crippen LogP contribution is 2.33. The first kappa shape index (κ1) is 28.9. The Morgan fingerprint density at radius 3 is 1.59 bits per heavy atom. The summed E-state index contributed by atoms with van der Waals surface area (Å²) in [5.41, 5.74) is 2.89. The van der Waals surface area contributed by atoms with Crippen LogP contribution in [0.4, 0.5) is 0 Å². The number of carbonyl (C=O) groups excluding carboxylic acids is 1. The maximum absolute atomic E-state index is 11.9. The second kappa shape index (κ2) is 14.9. The SMILES string of the molecule is CO[C@H]1O[C@H](C(CO)OC(C)=O)[C@@H](OCc2ccccc2)[C@H](OCc2ccccc2)[C@H]1OCc1ccccc1. The summed E-state index contributed by atoms with van der Waals surface area (Å²) in [5, 5.41) is 10.2. The van der Waals surface area contributed by atoms with Gasteiger partial charge in [0.15, 0.2) is 12.4 Å². The van der Waals surface area contributed by atoms with Crippen molar-refractivity contribution in [2.45, 2.75) is 63.6 Å². The number of hydrogen-bond acceptors (Lipinski definition) is 8. The van der Waals surface area contributed by atoms with E-state index in [4.69, 9.17) is 28.4 Å². The van der Waals surface area contributed by atoms with Crippen molar-refractivity contribution in [1.82, 2.24) is 0 Å². The lowest BCUT2D eigenvalue weighted by atomic mass is 9.94. The Kier molecular flexibility index (Phi) is 11.0. The Labute approximate surface area is 229 Å². The van der Waals surface area contributed by atoms with Crippen LogP contribution in [0.1, 0.15) is 23.6 Å². The summed E-state index contributed by atoms with van der Waals surface area (Å²) in [7, 11) is 1.51. The predicted octanol–water partition coefficient (Wildman–Crippen LogP) is 4.04. The van der Waals surface area contributed by atoms with Gasteiger partial charge in [-0.2, -0.15) is 0 Å². The lowest BCUT2D eigenvalue weighted by molar-refractivity contribution is -0.331. The number of methoxy groups -OCH3 is 1. The molecule has 3 aromatic carbocycles. The average molecular weight is 537 g/mol. The van der Waals surface area contributed by atoms with E-state index in [9.17, 15) is 9.90 Å². The Hall–Kier alpha value is -3.11. The van der Waals surface area contributed by atoms with Gasteiger partial charge >= 0.3 is 5.97 Å². The van der Waals surface area contributed by atoms with Gasteiger partial charge < -0.3 is 33.5 Å². The largest absolute Gasteiger partial charge is 0.457 e. The topological polar surface area (TPSA) is 92.7 Å². The fraction of sp³-hybridized carbons (Fsp3) is 0.387. The van der Waals surface area contributed by atoms with E-state index in [0.29, 0.717) is 6.61 Å². The summed E-state index contributed by atoms with van der Waals surface area (Å²) >= 11 is 0. The number of rotatable bonds is 13. The molecule has 1 saturated heterocycles. The fourth-order valence-corrected chi connectivity index (χ4v) is 4.60. The summed E-state index contributed by atoms with van der Waals surface area (Å²) in [6, 6.07) is 29.2. The summed E-state index contributed by atoms with van der Waals surface area (Å²) in [6.07, 6.45) is -4.90. The van der Waals surface area contributed by atoms with Crippen molar-refractivity contribution in [3.8, 4) is 0 Å². The number of hydrogen-bond donors (Lipinski definition) is 1. The lowest BCUT2D eigenvalue weighted by Gasteiger charge is -2.47. The summed E-state index contributed by atoms with van der Waals surface area (Å²) in [4.78, 5) is 11.9. The quantitative estimate of drug-likeness (QED) is 0.327. The van der Waals surface area contributed by atoms with Crippen molar-refractivity contribution in [2.75, 3.05) is 13.7 Å². The van der Waals surface area contributed by atoms with Crippen molar-refractivity contribution >= 4 is 5.97 Å². The Balaban J connectivity index is 1.66. The highest BCUT2D eigenvalue weighted by molar-refractivity contribution is 5.66. The summed E-state index contributed by atoms with van der Waals surface area (Å²) in [5.74, 6) is -0.544. The minimum absolute atomic E-state index is 0.248. The van der Waals surface area contributed by atoms with Gasteiger partial charge in [0.05, 0.1) is 26.4 Å². The molecule has 0 amide bonds. The van der Waals surface area contributed by atoms with Crippen LogP contribution in [0.2, 0.25) is 0 Å². The third-order valence-electron chi connectivity index (χ3n) is 6.48. The van der Waals surface area contributed by atoms with E-state index in [-0.39, 0.29) is 13.2 Å². The van der Waals surface area contributed by atoms with Crippen molar-refractivity contribution in [2.24, 2.45) is 0 Å². The van der Waals surface area contributed by atoms with Crippen molar-refractivity contribution in [3.63, 3.8) is 0 Å². The van der Waals surface area contributed by atoms with Gasteiger partial charge in [-0.15, -0.1) is 0 Å². The molecule has 1 fully saturated rings. The molecule has 3 aromatic rings. The monoisotopic (exact) mass is 536 g/mol. The standard InChI is InChI=1S/C31H36O8/c1-22(33)38-26(18-32)27-28(35-19-23-12-6-3-7-13-23)29(36-20-24-14-8-4-9-15-24)30(31(34-2)39-27)37-21-25-16-10-5-11-17-25/h3-17,26-32H,18-21H2,1-2H3/t26?,27-,28-,29+,30-,31+/m1/s1. The first-order valence-corrected chi connectivity index (χ1v) is 13.0. The number of benzene rings is 3. The molecule has 1 unspecified atom stereocenters. The molecule has 0 bridgehead atoms. The smallest absolute Gasteiger partial charge is 0.303 e. The molecule has 1 aliphatic heterocycles. The zero-order chi connectivity index (χ0) is 27.5. The minimum Gasteiger partial charge on any atom is -0.457 e. The molecular formula is C31H36O8.